The van der Waals surface area contributed by atoms with Crippen molar-refractivity contribution in [3.05, 3.63) is 0 Å². The van der Waals surface area contributed by atoms with Crippen LogP contribution in [0.1, 0.15) is 41.0 Å². The summed E-state index contributed by atoms with van der Waals surface area (Å²) in [5.74, 6) is -0.415. The number of amides is 1. The summed E-state index contributed by atoms with van der Waals surface area (Å²) in [5, 5.41) is 2.68. The van der Waals surface area contributed by atoms with E-state index in [4.69, 9.17) is 10.5 Å². The normalized spacial score (nSPS) is 13.4. The van der Waals surface area contributed by atoms with Crippen LogP contribution in [-0.4, -0.2) is 30.1 Å². The highest BCUT2D eigenvalue weighted by Gasteiger charge is 2.22. The van der Waals surface area contributed by atoms with Gasteiger partial charge in [-0.05, 0) is 26.7 Å². The van der Waals surface area contributed by atoms with Crippen LogP contribution in [0.15, 0.2) is 0 Å². The third-order valence-electron chi connectivity index (χ3n) is 1.83. The number of hydrogen-bond acceptors (Lipinski definition) is 4. The molecule has 5 heteroatoms. The monoisotopic (exact) mass is 244 g/mol. The van der Waals surface area contributed by atoms with Crippen molar-refractivity contribution >= 4 is 11.9 Å². The number of carbonyl (C=O) groups excluding carboxylic acids is 2. The van der Waals surface area contributed by atoms with Crippen LogP contribution < -0.4 is 11.1 Å². The van der Waals surface area contributed by atoms with E-state index in [0.29, 0.717) is 12.5 Å². The van der Waals surface area contributed by atoms with Crippen LogP contribution in [0, 0.1) is 5.92 Å². The van der Waals surface area contributed by atoms with Crippen molar-refractivity contribution in [1.29, 1.82) is 0 Å². The summed E-state index contributed by atoms with van der Waals surface area (Å²) in [5.41, 5.74) is 5.06. The number of nitrogens with one attached hydrogen (secondary N) is 1. The number of rotatable bonds is 5. The van der Waals surface area contributed by atoms with Gasteiger partial charge in [-0.25, -0.2) is 0 Å². The highest BCUT2D eigenvalue weighted by Crippen LogP contribution is 2.08. The van der Waals surface area contributed by atoms with Gasteiger partial charge in [0.1, 0.15) is 5.60 Å². The van der Waals surface area contributed by atoms with E-state index in [1.807, 2.05) is 13.8 Å². The van der Waals surface area contributed by atoms with Crippen molar-refractivity contribution in [3.63, 3.8) is 0 Å². The molecule has 0 fully saturated rings. The summed E-state index contributed by atoms with van der Waals surface area (Å²) >= 11 is 0. The van der Waals surface area contributed by atoms with Crippen molar-refractivity contribution in [1.82, 2.24) is 5.32 Å². The standard InChI is InChI=1S/C12H24N2O3/c1-8(2)7-14-11(16)9(13)6-10(15)17-12(3,4)5/h8-9H,6-7,13H2,1-5H3,(H,14,16)/t9-/m0/s1. The van der Waals surface area contributed by atoms with Gasteiger partial charge in [0.15, 0.2) is 0 Å². The first kappa shape index (κ1) is 15.9. The molecular weight excluding hydrogens is 220 g/mol. The predicted molar refractivity (Wildman–Crippen MR) is 66.3 cm³/mol. The maximum absolute atomic E-state index is 11.5. The lowest BCUT2D eigenvalue weighted by Crippen LogP contribution is -2.43. The Morgan fingerprint density at radius 1 is 1.29 bits per heavy atom. The molecule has 0 heterocycles. The molecule has 0 spiro atoms. The molecule has 0 saturated heterocycles. The molecule has 0 saturated carbocycles. The van der Waals surface area contributed by atoms with Gasteiger partial charge >= 0.3 is 5.97 Å². The average molecular weight is 244 g/mol. The summed E-state index contributed by atoms with van der Waals surface area (Å²) in [6.07, 6.45) is -0.0960. The van der Waals surface area contributed by atoms with E-state index in [9.17, 15) is 9.59 Å². The molecule has 3 N–H and O–H groups in total. The molecule has 0 bridgehead atoms. The second kappa shape index (κ2) is 6.59. The summed E-state index contributed by atoms with van der Waals surface area (Å²) < 4.78 is 5.09. The molecule has 0 unspecified atom stereocenters. The second-order valence-electron chi connectivity index (χ2n) is 5.54. The Balaban J connectivity index is 4.03. The SMILES string of the molecule is CC(C)CNC(=O)[C@@H](N)CC(=O)OC(C)(C)C. The van der Waals surface area contributed by atoms with E-state index >= 15 is 0 Å². The lowest BCUT2D eigenvalue weighted by Gasteiger charge is -2.20. The molecule has 0 radical (unpaired) electrons. The van der Waals surface area contributed by atoms with Crippen molar-refractivity contribution in [3.8, 4) is 0 Å². The predicted octanol–water partition coefficient (Wildman–Crippen LogP) is 0.818. The molecule has 5 nitrogen and oxygen atoms in total. The molecule has 0 aliphatic heterocycles. The summed E-state index contributed by atoms with van der Waals surface area (Å²) in [7, 11) is 0. The topological polar surface area (TPSA) is 81.4 Å². The van der Waals surface area contributed by atoms with E-state index in [2.05, 4.69) is 5.32 Å². The van der Waals surface area contributed by atoms with Crippen LogP contribution in [0.2, 0.25) is 0 Å². The number of ether oxygens (including phenoxy) is 1. The fourth-order valence-corrected chi connectivity index (χ4v) is 1.09. The molecule has 0 aliphatic carbocycles. The van der Waals surface area contributed by atoms with Gasteiger partial charge in [-0.1, -0.05) is 13.8 Å². The van der Waals surface area contributed by atoms with Crippen molar-refractivity contribution < 1.29 is 14.3 Å². The molecule has 1 amide bonds. The Bertz CT molecular complexity index is 269. The Labute approximate surface area is 103 Å². The van der Waals surface area contributed by atoms with E-state index in [1.54, 1.807) is 20.8 Å². The first-order chi connectivity index (χ1) is 7.61. The quantitative estimate of drug-likeness (QED) is 0.701. The minimum absolute atomic E-state index is 0.0960. The third-order valence-corrected chi connectivity index (χ3v) is 1.83. The minimum Gasteiger partial charge on any atom is -0.460 e. The molecule has 0 aliphatic rings. The second-order valence-corrected chi connectivity index (χ2v) is 5.54. The minimum atomic E-state index is -0.844. The van der Waals surface area contributed by atoms with Gasteiger partial charge in [-0.15, -0.1) is 0 Å². The Hall–Kier alpha value is -1.10. The van der Waals surface area contributed by atoms with E-state index in [0.717, 1.165) is 0 Å². The van der Waals surface area contributed by atoms with E-state index in [-0.39, 0.29) is 12.3 Å². The summed E-state index contributed by atoms with van der Waals surface area (Å²) in [4.78, 5) is 22.9. The Morgan fingerprint density at radius 3 is 2.24 bits per heavy atom. The molecule has 0 aromatic carbocycles. The van der Waals surface area contributed by atoms with Crippen LogP contribution in [0.5, 0.6) is 0 Å². The zero-order valence-corrected chi connectivity index (χ0v) is 11.4. The zero-order valence-electron chi connectivity index (χ0n) is 11.4. The number of esters is 1. The molecule has 1 atom stereocenters. The summed E-state index contributed by atoms with van der Waals surface area (Å²) in [6.45, 7) is 9.85. The maximum atomic E-state index is 11.5. The molecule has 0 aromatic heterocycles. The van der Waals surface area contributed by atoms with Crippen LogP contribution in [0.3, 0.4) is 0 Å². The van der Waals surface area contributed by atoms with Crippen LogP contribution in [-0.2, 0) is 14.3 Å². The maximum Gasteiger partial charge on any atom is 0.308 e. The zero-order chi connectivity index (χ0) is 13.6. The third kappa shape index (κ3) is 8.68. The fourth-order valence-electron chi connectivity index (χ4n) is 1.09. The van der Waals surface area contributed by atoms with Crippen molar-refractivity contribution in [2.75, 3.05) is 6.54 Å². The van der Waals surface area contributed by atoms with Gasteiger partial charge in [0.05, 0.1) is 12.5 Å². The highest BCUT2D eigenvalue weighted by molar-refractivity contribution is 5.86. The highest BCUT2D eigenvalue weighted by atomic mass is 16.6. The smallest absolute Gasteiger partial charge is 0.308 e. The van der Waals surface area contributed by atoms with Gasteiger partial charge in [-0.2, -0.15) is 0 Å². The average Bonchev–Trinajstić information content (AvgIpc) is 2.10. The first-order valence-electron chi connectivity index (χ1n) is 5.87. The fraction of sp³-hybridized carbons (Fsp3) is 0.833. The molecular formula is C12H24N2O3. The number of carbonyl (C=O) groups is 2. The van der Waals surface area contributed by atoms with Gasteiger partial charge in [0.25, 0.3) is 0 Å². The molecule has 0 rings (SSSR count). The molecule has 0 aromatic rings. The van der Waals surface area contributed by atoms with Gasteiger partial charge in [-0.3, -0.25) is 9.59 Å². The van der Waals surface area contributed by atoms with Gasteiger partial charge in [0.2, 0.25) is 5.91 Å². The molecule has 100 valence electrons. The largest absolute Gasteiger partial charge is 0.460 e. The number of hydrogen-bond donors (Lipinski definition) is 2. The van der Waals surface area contributed by atoms with Gasteiger partial charge < -0.3 is 15.8 Å². The molecule has 17 heavy (non-hydrogen) atoms. The van der Waals surface area contributed by atoms with Crippen molar-refractivity contribution in [2.45, 2.75) is 52.7 Å². The number of nitrogens with two attached hydrogens (primary N) is 1. The van der Waals surface area contributed by atoms with Gasteiger partial charge in [0, 0.05) is 6.54 Å². The van der Waals surface area contributed by atoms with Crippen molar-refractivity contribution in [2.24, 2.45) is 11.7 Å². The Morgan fingerprint density at radius 2 is 1.82 bits per heavy atom. The van der Waals surface area contributed by atoms with E-state index < -0.39 is 17.6 Å². The first-order valence-corrected chi connectivity index (χ1v) is 5.87. The lowest BCUT2D eigenvalue weighted by atomic mass is 10.1. The van der Waals surface area contributed by atoms with Crippen LogP contribution >= 0.6 is 0 Å². The van der Waals surface area contributed by atoms with Crippen LogP contribution in [0.25, 0.3) is 0 Å². The van der Waals surface area contributed by atoms with Crippen LogP contribution in [0.4, 0.5) is 0 Å². The summed E-state index contributed by atoms with van der Waals surface area (Å²) in [6, 6.07) is -0.844. The lowest BCUT2D eigenvalue weighted by molar-refractivity contribution is -0.156. The van der Waals surface area contributed by atoms with E-state index in [1.165, 1.54) is 0 Å². The Kier molecular flexibility index (Phi) is 6.16.